The lowest BCUT2D eigenvalue weighted by Gasteiger charge is -2.07. The topological polar surface area (TPSA) is 102 Å². The van der Waals surface area contributed by atoms with Crippen LogP contribution in [0.2, 0.25) is 0 Å². The van der Waals surface area contributed by atoms with Crippen LogP contribution in [0, 0.1) is 0 Å². The van der Waals surface area contributed by atoms with Gasteiger partial charge in [-0.1, -0.05) is 11.8 Å². The van der Waals surface area contributed by atoms with Crippen LogP contribution in [-0.2, 0) is 11.3 Å². The van der Waals surface area contributed by atoms with Crippen molar-refractivity contribution in [3.05, 3.63) is 5.89 Å². The van der Waals surface area contributed by atoms with Gasteiger partial charge in [0.1, 0.15) is 0 Å². The molecule has 3 N–H and O–H groups in total. The van der Waals surface area contributed by atoms with Crippen molar-refractivity contribution in [1.82, 2.24) is 20.8 Å². The molecule has 106 valence electrons. The molecule has 9 heteroatoms. The molecule has 0 bridgehead atoms. The van der Waals surface area contributed by atoms with Crippen molar-refractivity contribution in [1.29, 1.82) is 0 Å². The van der Waals surface area contributed by atoms with Gasteiger partial charge in [0, 0.05) is 7.05 Å². The summed E-state index contributed by atoms with van der Waals surface area (Å²) in [7, 11) is 5.38. The van der Waals surface area contributed by atoms with Crippen LogP contribution in [0.4, 0.5) is 4.79 Å². The molecular formula is C10H18N5O3S+. The van der Waals surface area contributed by atoms with Gasteiger partial charge in [-0.25, -0.2) is 4.79 Å². The average Bonchev–Trinajstić information content (AvgIpc) is 2.75. The second-order valence-electron chi connectivity index (χ2n) is 4.17. The van der Waals surface area contributed by atoms with Crippen LogP contribution in [0.1, 0.15) is 12.8 Å². The van der Waals surface area contributed by atoms with E-state index in [1.54, 1.807) is 6.92 Å². The van der Waals surface area contributed by atoms with Gasteiger partial charge in [-0.15, -0.1) is 10.2 Å². The zero-order chi connectivity index (χ0) is 14.4. The number of hydrogen-bond acceptors (Lipinski definition) is 6. The normalized spacial score (nSPS) is 12.3. The van der Waals surface area contributed by atoms with Gasteiger partial charge in [0.25, 0.3) is 11.1 Å². The molecule has 0 aliphatic rings. The molecule has 8 nitrogen and oxygen atoms in total. The number of urea groups is 1. The summed E-state index contributed by atoms with van der Waals surface area (Å²) in [6, 6.07) is -0.542. The molecule has 0 radical (unpaired) electrons. The third kappa shape index (κ3) is 5.26. The maximum absolute atomic E-state index is 11.6. The summed E-state index contributed by atoms with van der Waals surface area (Å²) in [5.41, 5.74) is 0. The van der Waals surface area contributed by atoms with E-state index in [1.807, 2.05) is 14.1 Å². The van der Waals surface area contributed by atoms with Crippen molar-refractivity contribution < 1.29 is 18.9 Å². The van der Waals surface area contributed by atoms with E-state index in [-0.39, 0.29) is 0 Å². The summed E-state index contributed by atoms with van der Waals surface area (Å²) in [5.74, 6) is 0.101. The van der Waals surface area contributed by atoms with Crippen LogP contribution in [0.5, 0.6) is 0 Å². The first-order valence-electron chi connectivity index (χ1n) is 5.73. The highest BCUT2D eigenvalue weighted by Gasteiger charge is 2.20. The Kier molecular flexibility index (Phi) is 5.77. The van der Waals surface area contributed by atoms with Gasteiger partial charge >= 0.3 is 6.03 Å². The van der Waals surface area contributed by atoms with Crippen molar-refractivity contribution in [2.24, 2.45) is 0 Å². The molecule has 19 heavy (non-hydrogen) atoms. The zero-order valence-corrected chi connectivity index (χ0v) is 12.1. The summed E-state index contributed by atoms with van der Waals surface area (Å²) in [4.78, 5) is 23.8. The molecule has 1 heterocycles. The second kappa shape index (κ2) is 7.10. The molecule has 1 aromatic rings. The minimum atomic E-state index is -0.542. The number of amides is 3. The van der Waals surface area contributed by atoms with Crippen molar-refractivity contribution in [2.45, 2.75) is 23.9 Å². The number of hydrogen-bond donors (Lipinski definition) is 3. The molecule has 3 amide bonds. The average molecular weight is 288 g/mol. The van der Waals surface area contributed by atoms with E-state index in [2.05, 4.69) is 20.8 Å². The number of rotatable bonds is 5. The highest BCUT2D eigenvalue weighted by atomic mass is 32.2. The first kappa shape index (κ1) is 15.4. The summed E-state index contributed by atoms with van der Waals surface area (Å²) in [5, 5.41) is 12.0. The lowest BCUT2D eigenvalue weighted by Crippen LogP contribution is -3.04. The van der Waals surface area contributed by atoms with Crippen LogP contribution in [0.3, 0.4) is 0 Å². The summed E-state index contributed by atoms with van der Waals surface area (Å²) in [6.07, 6.45) is 0. The minimum absolute atomic E-state index is 0.316. The lowest BCUT2D eigenvalue weighted by molar-refractivity contribution is -0.874. The predicted octanol–water partition coefficient (Wildman–Crippen LogP) is -1.35. The zero-order valence-electron chi connectivity index (χ0n) is 11.3. The number of aromatic nitrogens is 2. The number of imide groups is 1. The fourth-order valence-electron chi connectivity index (χ4n) is 1.14. The molecule has 0 aliphatic heterocycles. The molecule has 0 saturated heterocycles. The Morgan fingerprint density at radius 1 is 1.42 bits per heavy atom. The van der Waals surface area contributed by atoms with Crippen molar-refractivity contribution in [2.75, 3.05) is 21.1 Å². The van der Waals surface area contributed by atoms with Crippen molar-refractivity contribution in [3.8, 4) is 0 Å². The van der Waals surface area contributed by atoms with Crippen LogP contribution < -0.4 is 15.5 Å². The molecule has 1 rings (SSSR count). The van der Waals surface area contributed by atoms with E-state index in [0.717, 1.165) is 16.7 Å². The Morgan fingerprint density at radius 3 is 2.68 bits per heavy atom. The minimum Gasteiger partial charge on any atom is -0.410 e. The molecule has 0 unspecified atom stereocenters. The maximum atomic E-state index is 11.6. The van der Waals surface area contributed by atoms with Gasteiger partial charge in [0.2, 0.25) is 5.91 Å². The van der Waals surface area contributed by atoms with E-state index in [4.69, 9.17) is 4.42 Å². The number of carbonyl (C=O) groups is 2. The van der Waals surface area contributed by atoms with Crippen LogP contribution >= 0.6 is 11.8 Å². The number of carbonyl (C=O) groups excluding carboxylic acids is 2. The first-order valence-corrected chi connectivity index (χ1v) is 6.61. The molecule has 0 fully saturated rings. The van der Waals surface area contributed by atoms with E-state index in [1.165, 1.54) is 7.05 Å². The summed E-state index contributed by atoms with van der Waals surface area (Å²) in [6.45, 7) is 2.27. The Hall–Kier alpha value is -1.61. The summed E-state index contributed by atoms with van der Waals surface area (Å²) < 4.78 is 5.39. The largest absolute Gasteiger partial charge is 0.410 e. The van der Waals surface area contributed by atoms with Gasteiger partial charge in [-0.2, -0.15) is 0 Å². The highest BCUT2D eigenvalue weighted by Crippen LogP contribution is 2.21. The van der Waals surface area contributed by atoms with Gasteiger partial charge in [0.15, 0.2) is 6.54 Å². The highest BCUT2D eigenvalue weighted by molar-refractivity contribution is 8.00. The quantitative estimate of drug-likeness (QED) is 0.579. The third-order valence-corrected chi connectivity index (χ3v) is 3.00. The number of nitrogens with one attached hydrogen (secondary N) is 3. The Balaban J connectivity index is 2.52. The monoisotopic (exact) mass is 288 g/mol. The van der Waals surface area contributed by atoms with E-state index >= 15 is 0 Å². The molecule has 0 aliphatic carbocycles. The lowest BCUT2D eigenvalue weighted by atomic mass is 10.4. The fraction of sp³-hybridized carbons (Fsp3) is 0.600. The van der Waals surface area contributed by atoms with Crippen molar-refractivity contribution in [3.63, 3.8) is 0 Å². The first-order chi connectivity index (χ1) is 8.92. The van der Waals surface area contributed by atoms with E-state index < -0.39 is 17.2 Å². The molecule has 0 saturated carbocycles. The van der Waals surface area contributed by atoms with Gasteiger partial charge in [0.05, 0.1) is 19.3 Å². The van der Waals surface area contributed by atoms with Crippen LogP contribution in [0.25, 0.3) is 0 Å². The SMILES string of the molecule is CNC(=O)NC(=O)[C@H](C)Sc1nnc(C[NH+](C)C)o1. The molecule has 1 aromatic heterocycles. The smallest absolute Gasteiger partial charge is 0.321 e. The van der Waals surface area contributed by atoms with Gasteiger partial charge < -0.3 is 14.6 Å². The second-order valence-corrected chi connectivity index (χ2v) is 5.47. The van der Waals surface area contributed by atoms with Gasteiger partial charge in [-0.05, 0) is 6.92 Å². The number of nitrogens with zero attached hydrogens (tertiary/aromatic N) is 2. The van der Waals surface area contributed by atoms with Gasteiger partial charge in [-0.3, -0.25) is 10.1 Å². The predicted molar refractivity (Wildman–Crippen MR) is 68.7 cm³/mol. The van der Waals surface area contributed by atoms with Crippen LogP contribution in [-0.4, -0.2) is 48.5 Å². The number of quaternary nitrogens is 1. The van der Waals surface area contributed by atoms with E-state index in [0.29, 0.717) is 17.7 Å². The Morgan fingerprint density at radius 2 is 2.11 bits per heavy atom. The van der Waals surface area contributed by atoms with Crippen LogP contribution in [0.15, 0.2) is 9.64 Å². The molecule has 0 spiro atoms. The maximum Gasteiger partial charge on any atom is 0.321 e. The van der Waals surface area contributed by atoms with E-state index in [9.17, 15) is 9.59 Å². The third-order valence-electron chi connectivity index (χ3n) is 2.06. The molecule has 1 atom stereocenters. The summed E-state index contributed by atoms with van der Waals surface area (Å²) >= 11 is 1.11. The number of thioether (sulfide) groups is 1. The standard InChI is InChI=1S/C10H17N5O3S/c1-6(8(16)12-9(17)11-2)19-10-14-13-7(18-10)5-15(3)4/h6H,5H2,1-4H3,(H2,11,12,16,17)/p+1/t6-/m0/s1. The molecular weight excluding hydrogens is 270 g/mol. The fourth-order valence-corrected chi connectivity index (χ4v) is 1.84. The molecule has 0 aromatic carbocycles. The Labute approximate surface area is 115 Å². The van der Waals surface area contributed by atoms with Crippen molar-refractivity contribution >= 4 is 23.7 Å². The Bertz CT molecular complexity index is 448.